The Morgan fingerprint density at radius 3 is 2.24 bits per heavy atom. The first-order valence-corrected chi connectivity index (χ1v) is 10.0. The second kappa shape index (κ2) is 16.9. The van der Waals surface area contributed by atoms with E-state index in [0.717, 1.165) is 71.5 Å². The van der Waals surface area contributed by atoms with Crippen molar-refractivity contribution < 1.29 is 0 Å². The summed E-state index contributed by atoms with van der Waals surface area (Å²) in [6.07, 6.45) is 6.81. The average molecular weight is 357 g/mol. The molecule has 0 bridgehead atoms. The van der Waals surface area contributed by atoms with Crippen molar-refractivity contribution in [3.05, 3.63) is 11.6 Å². The van der Waals surface area contributed by atoms with Crippen LogP contribution in [0, 0.1) is 0 Å². The van der Waals surface area contributed by atoms with E-state index in [9.17, 15) is 0 Å². The Bertz CT molecular complexity index is 315. The third-order valence-corrected chi connectivity index (χ3v) is 4.74. The van der Waals surface area contributed by atoms with Gasteiger partial charge in [0.2, 0.25) is 0 Å². The third-order valence-electron chi connectivity index (χ3n) is 4.74. The molecule has 0 fully saturated rings. The SMILES string of the molecule is CCNCCC=C(CCNCC)CCC(CN)(CNCCNC)NC. The van der Waals surface area contributed by atoms with Crippen LogP contribution in [0.3, 0.4) is 0 Å². The minimum Gasteiger partial charge on any atom is -0.329 e. The number of rotatable bonds is 18. The third kappa shape index (κ3) is 12.5. The van der Waals surface area contributed by atoms with E-state index in [4.69, 9.17) is 5.73 Å². The van der Waals surface area contributed by atoms with Gasteiger partial charge in [0.1, 0.15) is 0 Å². The molecule has 0 amide bonds. The highest BCUT2D eigenvalue weighted by Gasteiger charge is 2.25. The van der Waals surface area contributed by atoms with E-state index >= 15 is 0 Å². The number of hydrogen-bond acceptors (Lipinski definition) is 6. The molecule has 0 aliphatic carbocycles. The highest BCUT2D eigenvalue weighted by molar-refractivity contribution is 5.06. The molecule has 0 aliphatic heterocycles. The van der Waals surface area contributed by atoms with E-state index in [1.807, 2.05) is 14.1 Å². The van der Waals surface area contributed by atoms with Gasteiger partial charge in [0.05, 0.1) is 0 Å². The molecule has 0 saturated heterocycles. The van der Waals surface area contributed by atoms with Gasteiger partial charge in [-0.25, -0.2) is 0 Å². The maximum Gasteiger partial charge on any atom is 0.0430 e. The van der Waals surface area contributed by atoms with Crippen LogP contribution in [0.1, 0.15) is 39.5 Å². The molecule has 1 unspecified atom stereocenters. The first-order valence-electron chi connectivity index (χ1n) is 10.0. The minimum absolute atomic E-state index is 0.0350. The molecule has 0 aromatic carbocycles. The van der Waals surface area contributed by atoms with Crippen LogP contribution in [-0.2, 0) is 0 Å². The van der Waals surface area contributed by atoms with Crippen LogP contribution in [0.25, 0.3) is 0 Å². The summed E-state index contributed by atoms with van der Waals surface area (Å²) in [6.45, 7) is 12.0. The Labute approximate surface area is 156 Å². The van der Waals surface area contributed by atoms with Gasteiger partial charge in [0, 0.05) is 31.7 Å². The fourth-order valence-electron chi connectivity index (χ4n) is 2.83. The van der Waals surface area contributed by atoms with Crippen LogP contribution in [-0.4, -0.2) is 72.0 Å². The van der Waals surface area contributed by atoms with Crippen LogP contribution in [0.15, 0.2) is 11.6 Å². The Morgan fingerprint density at radius 1 is 0.920 bits per heavy atom. The highest BCUT2D eigenvalue weighted by Crippen LogP contribution is 2.18. The molecule has 6 heteroatoms. The van der Waals surface area contributed by atoms with Gasteiger partial charge in [0.25, 0.3) is 0 Å². The van der Waals surface area contributed by atoms with Gasteiger partial charge in [-0.3, -0.25) is 0 Å². The summed E-state index contributed by atoms with van der Waals surface area (Å²) < 4.78 is 0. The van der Waals surface area contributed by atoms with E-state index in [2.05, 4.69) is 46.5 Å². The van der Waals surface area contributed by atoms with Crippen molar-refractivity contribution in [2.45, 2.75) is 45.1 Å². The van der Waals surface area contributed by atoms with Crippen molar-refractivity contribution in [1.29, 1.82) is 0 Å². The zero-order valence-electron chi connectivity index (χ0n) is 17.1. The predicted octanol–water partition coefficient (Wildman–Crippen LogP) is 0.418. The smallest absolute Gasteiger partial charge is 0.0430 e. The summed E-state index contributed by atoms with van der Waals surface area (Å²) in [7, 11) is 4.00. The van der Waals surface area contributed by atoms with Gasteiger partial charge in [0.15, 0.2) is 0 Å². The number of nitrogens with one attached hydrogen (secondary N) is 5. The number of nitrogens with two attached hydrogens (primary N) is 1. The predicted molar refractivity (Wildman–Crippen MR) is 111 cm³/mol. The molecule has 6 nitrogen and oxygen atoms in total. The Balaban J connectivity index is 4.57. The van der Waals surface area contributed by atoms with Gasteiger partial charge in [-0.2, -0.15) is 0 Å². The fraction of sp³-hybridized carbons (Fsp3) is 0.895. The van der Waals surface area contributed by atoms with Gasteiger partial charge >= 0.3 is 0 Å². The highest BCUT2D eigenvalue weighted by atomic mass is 15.0. The van der Waals surface area contributed by atoms with Gasteiger partial charge < -0.3 is 32.3 Å². The van der Waals surface area contributed by atoms with Gasteiger partial charge in [-0.15, -0.1) is 0 Å². The van der Waals surface area contributed by atoms with Crippen LogP contribution < -0.4 is 32.3 Å². The first-order chi connectivity index (χ1) is 12.2. The van der Waals surface area contributed by atoms with E-state index in [1.165, 1.54) is 0 Å². The summed E-state index contributed by atoms with van der Waals surface area (Å²) >= 11 is 0. The molecule has 25 heavy (non-hydrogen) atoms. The molecular weight excluding hydrogens is 312 g/mol. The monoisotopic (exact) mass is 356 g/mol. The second-order valence-corrected chi connectivity index (χ2v) is 6.62. The number of hydrogen-bond donors (Lipinski definition) is 6. The van der Waals surface area contributed by atoms with Crippen LogP contribution in [0.5, 0.6) is 0 Å². The standard InChI is InChI=1S/C19H44N6/c1-5-23-12-7-8-18(10-13-24-6-2)9-11-19(16-20,22-4)17-25-15-14-21-3/h8,21-25H,5-7,9-17,20H2,1-4H3. The Morgan fingerprint density at radius 2 is 1.64 bits per heavy atom. The normalized spacial score (nSPS) is 14.7. The van der Waals surface area contributed by atoms with Crippen molar-refractivity contribution in [3.63, 3.8) is 0 Å². The minimum atomic E-state index is -0.0350. The maximum atomic E-state index is 6.12. The van der Waals surface area contributed by atoms with Gasteiger partial charge in [-0.05, 0) is 66.0 Å². The van der Waals surface area contributed by atoms with Crippen LogP contribution in [0.2, 0.25) is 0 Å². The lowest BCUT2D eigenvalue weighted by Crippen LogP contribution is -2.56. The number of likely N-dealkylation sites (N-methyl/N-ethyl adjacent to an activating group) is 2. The quantitative estimate of drug-likeness (QED) is 0.158. The summed E-state index contributed by atoms with van der Waals surface area (Å²) in [5.74, 6) is 0. The largest absolute Gasteiger partial charge is 0.329 e. The van der Waals surface area contributed by atoms with E-state index < -0.39 is 0 Å². The second-order valence-electron chi connectivity index (χ2n) is 6.62. The lowest BCUT2D eigenvalue weighted by atomic mass is 9.90. The summed E-state index contributed by atoms with van der Waals surface area (Å²) in [5.41, 5.74) is 7.63. The lowest BCUT2D eigenvalue weighted by Gasteiger charge is -2.33. The van der Waals surface area contributed by atoms with Crippen molar-refractivity contribution in [2.75, 3.05) is 66.5 Å². The fourth-order valence-corrected chi connectivity index (χ4v) is 2.83. The molecule has 0 rings (SSSR count). The summed E-state index contributed by atoms with van der Waals surface area (Å²) in [5, 5.41) is 17.0. The van der Waals surface area contributed by atoms with Crippen molar-refractivity contribution in [1.82, 2.24) is 26.6 Å². The van der Waals surface area contributed by atoms with Crippen LogP contribution in [0.4, 0.5) is 0 Å². The molecule has 0 radical (unpaired) electrons. The molecular formula is C19H44N6. The summed E-state index contributed by atoms with van der Waals surface area (Å²) in [4.78, 5) is 0. The molecule has 1 atom stereocenters. The average Bonchev–Trinajstić information content (AvgIpc) is 2.64. The Kier molecular flexibility index (Phi) is 16.6. The molecule has 7 N–H and O–H groups in total. The molecule has 0 aromatic heterocycles. The lowest BCUT2D eigenvalue weighted by molar-refractivity contribution is 0.315. The zero-order valence-corrected chi connectivity index (χ0v) is 17.1. The topological polar surface area (TPSA) is 86.2 Å². The van der Waals surface area contributed by atoms with Gasteiger partial charge in [-0.1, -0.05) is 25.5 Å². The molecule has 0 aromatic rings. The molecule has 0 spiro atoms. The molecule has 150 valence electrons. The zero-order chi connectivity index (χ0) is 18.8. The Hall–Kier alpha value is -0.500. The molecule has 0 aliphatic rings. The van der Waals surface area contributed by atoms with E-state index in [1.54, 1.807) is 5.57 Å². The summed E-state index contributed by atoms with van der Waals surface area (Å²) in [6, 6.07) is 0. The maximum absolute atomic E-state index is 6.12. The van der Waals surface area contributed by atoms with Crippen molar-refractivity contribution in [3.8, 4) is 0 Å². The first kappa shape index (κ1) is 24.5. The van der Waals surface area contributed by atoms with Crippen molar-refractivity contribution >= 4 is 0 Å². The van der Waals surface area contributed by atoms with Crippen LogP contribution >= 0.6 is 0 Å². The molecule has 0 heterocycles. The van der Waals surface area contributed by atoms with E-state index in [-0.39, 0.29) is 5.54 Å². The van der Waals surface area contributed by atoms with E-state index in [0.29, 0.717) is 6.54 Å². The van der Waals surface area contributed by atoms with Crippen molar-refractivity contribution in [2.24, 2.45) is 5.73 Å². The molecule has 0 saturated carbocycles.